The number of hydrogen-bond acceptors (Lipinski definition) is 3. The van der Waals surface area contributed by atoms with Gasteiger partial charge in [-0.3, -0.25) is 4.79 Å². The van der Waals surface area contributed by atoms with Crippen molar-refractivity contribution in [2.24, 2.45) is 17.6 Å². The average molecular weight is 254 g/mol. The smallest absolute Gasteiger partial charge is 0.223 e. The molecule has 4 N–H and O–H groups in total. The Morgan fingerprint density at radius 2 is 1.94 bits per heavy atom. The summed E-state index contributed by atoms with van der Waals surface area (Å²) < 4.78 is 0. The largest absolute Gasteiger partial charge is 0.394 e. The van der Waals surface area contributed by atoms with Crippen molar-refractivity contribution in [3.63, 3.8) is 0 Å². The Morgan fingerprint density at radius 1 is 1.28 bits per heavy atom. The molecule has 2 rings (SSSR count). The minimum absolute atomic E-state index is 0.0308. The Hall–Kier alpha value is -0.610. The third-order valence-corrected chi connectivity index (χ3v) is 4.74. The molecule has 2 aliphatic carbocycles. The van der Waals surface area contributed by atoms with Gasteiger partial charge in [-0.15, -0.1) is 0 Å². The summed E-state index contributed by atoms with van der Waals surface area (Å²) in [5.41, 5.74) is 5.56. The van der Waals surface area contributed by atoms with Crippen molar-refractivity contribution in [3.8, 4) is 0 Å². The van der Waals surface area contributed by atoms with Gasteiger partial charge in [0, 0.05) is 18.0 Å². The summed E-state index contributed by atoms with van der Waals surface area (Å²) in [6.45, 7) is 0.858. The zero-order valence-corrected chi connectivity index (χ0v) is 11.2. The molecule has 1 amide bonds. The molecule has 4 heteroatoms. The summed E-state index contributed by atoms with van der Waals surface area (Å²) in [4.78, 5) is 12.0. The monoisotopic (exact) mass is 254 g/mol. The van der Waals surface area contributed by atoms with Gasteiger partial charge >= 0.3 is 0 Å². The predicted octanol–water partition coefficient (Wildman–Crippen LogP) is 1.17. The molecule has 0 spiro atoms. The Balaban J connectivity index is 1.64. The molecule has 0 atom stereocenters. The normalized spacial score (nSPS) is 32.9. The standard InChI is InChI=1S/C14H26N2O2/c15-14(10-17)7-4-12(5-8-14)13(18)16-9-6-11-2-1-3-11/h11-12,17H,1-10,15H2,(H,16,18). The number of hydrogen-bond donors (Lipinski definition) is 3. The van der Waals surface area contributed by atoms with Crippen molar-refractivity contribution in [2.45, 2.75) is 56.9 Å². The van der Waals surface area contributed by atoms with Crippen LogP contribution in [0.5, 0.6) is 0 Å². The van der Waals surface area contributed by atoms with Crippen LogP contribution < -0.4 is 11.1 Å². The van der Waals surface area contributed by atoms with E-state index >= 15 is 0 Å². The number of carbonyl (C=O) groups is 1. The van der Waals surface area contributed by atoms with Crippen molar-refractivity contribution >= 4 is 5.91 Å². The van der Waals surface area contributed by atoms with E-state index in [-0.39, 0.29) is 18.4 Å². The van der Waals surface area contributed by atoms with Gasteiger partial charge in [-0.1, -0.05) is 19.3 Å². The van der Waals surface area contributed by atoms with Crippen molar-refractivity contribution < 1.29 is 9.90 Å². The van der Waals surface area contributed by atoms with Gasteiger partial charge < -0.3 is 16.2 Å². The molecule has 0 saturated heterocycles. The number of amides is 1. The van der Waals surface area contributed by atoms with E-state index in [0.29, 0.717) is 0 Å². The molecule has 2 aliphatic rings. The van der Waals surface area contributed by atoms with Crippen molar-refractivity contribution in [1.29, 1.82) is 0 Å². The summed E-state index contributed by atoms with van der Waals surface area (Å²) in [6, 6.07) is 0. The van der Waals surface area contributed by atoms with Crippen LogP contribution >= 0.6 is 0 Å². The molecule has 2 saturated carbocycles. The molecule has 18 heavy (non-hydrogen) atoms. The Bertz CT molecular complexity index is 282. The van der Waals surface area contributed by atoms with Crippen LogP contribution in [0.2, 0.25) is 0 Å². The number of nitrogens with two attached hydrogens (primary N) is 1. The molecule has 0 radical (unpaired) electrons. The first-order chi connectivity index (χ1) is 8.63. The number of aliphatic hydroxyl groups excluding tert-OH is 1. The number of rotatable bonds is 5. The summed E-state index contributed by atoms with van der Waals surface area (Å²) in [7, 11) is 0. The fourth-order valence-corrected chi connectivity index (χ4v) is 2.94. The second kappa shape index (κ2) is 6.02. The summed E-state index contributed by atoms with van der Waals surface area (Å²) in [6.07, 6.45) is 8.31. The molecule has 0 aliphatic heterocycles. The molecule has 0 aromatic carbocycles. The summed E-state index contributed by atoms with van der Waals surface area (Å²) in [5.74, 6) is 1.15. The van der Waals surface area contributed by atoms with E-state index in [0.717, 1.165) is 44.6 Å². The highest BCUT2D eigenvalue weighted by Crippen LogP contribution is 2.31. The number of carbonyl (C=O) groups excluding carboxylic acids is 1. The average Bonchev–Trinajstić information content (AvgIpc) is 2.33. The Kier molecular flexibility index (Phi) is 4.62. The lowest BCUT2D eigenvalue weighted by atomic mass is 9.77. The third kappa shape index (κ3) is 3.45. The molecule has 0 aromatic heterocycles. The van der Waals surface area contributed by atoms with Gasteiger partial charge in [0.05, 0.1) is 6.61 Å². The number of nitrogens with one attached hydrogen (secondary N) is 1. The van der Waals surface area contributed by atoms with E-state index < -0.39 is 5.54 Å². The van der Waals surface area contributed by atoms with Crippen LogP contribution in [0, 0.1) is 11.8 Å². The molecule has 2 fully saturated rings. The third-order valence-electron chi connectivity index (χ3n) is 4.74. The maximum absolute atomic E-state index is 12.0. The fourth-order valence-electron chi connectivity index (χ4n) is 2.94. The van der Waals surface area contributed by atoms with Gasteiger partial charge in [0.1, 0.15) is 0 Å². The lowest BCUT2D eigenvalue weighted by molar-refractivity contribution is -0.126. The highest BCUT2D eigenvalue weighted by Gasteiger charge is 2.33. The van der Waals surface area contributed by atoms with E-state index in [1.54, 1.807) is 0 Å². The molecular weight excluding hydrogens is 228 g/mol. The van der Waals surface area contributed by atoms with E-state index in [1.807, 2.05) is 0 Å². The molecular formula is C14H26N2O2. The SMILES string of the molecule is NC1(CO)CCC(C(=O)NCCC2CCC2)CC1. The van der Waals surface area contributed by atoms with Gasteiger partial charge in [0.25, 0.3) is 0 Å². The minimum atomic E-state index is -0.442. The Labute approximate surface area is 109 Å². The first-order valence-corrected chi connectivity index (χ1v) is 7.30. The fraction of sp³-hybridized carbons (Fsp3) is 0.929. The quantitative estimate of drug-likeness (QED) is 0.689. The molecule has 4 nitrogen and oxygen atoms in total. The first kappa shape index (κ1) is 13.8. The lowest BCUT2D eigenvalue weighted by Gasteiger charge is -2.35. The predicted molar refractivity (Wildman–Crippen MR) is 70.9 cm³/mol. The van der Waals surface area contributed by atoms with E-state index in [1.165, 1.54) is 19.3 Å². The summed E-state index contributed by atoms with van der Waals surface area (Å²) >= 11 is 0. The van der Waals surface area contributed by atoms with Crippen LogP contribution in [-0.4, -0.2) is 29.7 Å². The molecule has 0 heterocycles. The molecule has 0 aromatic rings. The maximum Gasteiger partial charge on any atom is 0.223 e. The van der Waals surface area contributed by atoms with E-state index in [9.17, 15) is 9.90 Å². The van der Waals surface area contributed by atoms with Crippen molar-refractivity contribution in [1.82, 2.24) is 5.32 Å². The highest BCUT2D eigenvalue weighted by molar-refractivity contribution is 5.78. The van der Waals surface area contributed by atoms with Crippen LogP contribution in [0.3, 0.4) is 0 Å². The first-order valence-electron chi connectivity index (χ1n) is 7.30. The second-order valence-electron chi connectivity index (χ2n) is 6.17. The minimum Gasteiger partial charge on any atom is -0.394 e. The highest BCUT2D eigenvalue weighted by atomic mass is 16.3. The maximum atomic E-state index is 12.0. The molecule has 0 unspecified atom stereocenters. The number of aliphatic hydroxyl groups is 1. The van der Waals surface area contributed by atoms with Gasteiger partial charge in [0.15, 0.2) is 0 Å². The van der Waals surface area contributed by atoms with Crippen LogP contribution in [0.25, 0.3) is 0 Å². The second-order valence-corrected chi connectivity index (χ2v) is 6.17. The summed E-state index contributed by atoms with van der Waals surface area (Å²) in [5, 5.41) is 12.2. The molecule has 104 valence electrons. The zero-order chi connectivity index (χ0) is 13.0. The van der Waals surface area contributed by atoms with Gasteiger partial charge in [0.2, 0.25) is 5.91 Å². The van der Waals surface area contributed by atoms with E-state index in [2.05, 4.69) is 5.32 Å². The van der Waals surface area contributed by atoms with Crippen LogP contribution in [0.4, 0.5) is 0 Å². The van der Waals surface area contributed by atoms with Crippen LogP contribution in [0.1, 0.15) is 51.4 Å². The van der Waals surface area contributed by atoms with Crippen LogP contribution in [-0.2, 0) is 4.79 Å². The zero-order valence-electron chi connectivity index (χ0n) is 11.2. The van der Waals surface area contributed by atoms with Gasteiger partial charge in [-0.05, 0) is 38.0 Å². The van der Waals surface area contributed by atoms with Crippen molar-refractivity contribution in [2.75, 3.05) is 13.2 Å². The Morgan fingerprint density at radius 3 is 2.44 bits per heavy atom. The van der Waals surface area contributed by atoms with Gasteiger partial charge in [-0.2, -0.15) is 0 Å². The van der Waals surface area contributed by atoms with E-state index in [4.69, 9.17) is 5.73 Å². The van der Waals surface area contributed by atoms with Crippen molar-refractivity contribution in [3.05, 3.63) is 0 Å². The lowest BCUT2D eigenvalue weighted by Crippen LogP contribution is -2.48. The van der Waals surface area contributed by atoms with Crippen LogP contribution in [0.15, 0.2) is 0 Å². The topological polar surface area (TPSA) is 75.3 Å². The van der Waals surface area contributed by atoms with Gasteiger partial charge in [-0.25, -0.2) is 0 Å². The molecule has 0 bridgehead atoms.